The predicted octanol–water partition coefficient (Wildman–Crippen LogP) is 3.59. The number of aldehydes is 1. The van der Waals surface area contributed by atoms with Crippen molar-refractivity contribution in [2.24, 2.45) is 5.92 Å². The summed E-state index contributed by atoms with van der Waals surface area (Å²) in [7, 11) is 0. The van der Waals surface area contributed by atoms with Gasteiger partial charge in [0, 0.05) is 35.4 Å². The number of fused-ring (bicyclic) bond motifs is 1. The number of carbonyl (C=O) groups is 2. The van der Waals surface area contributed by atoms with Crippen molar-refractivity contribution in [2.45, 2.75) is 57.8 Å². The van der Waals surface area contributed by atoms with Crippen LogP contribution in [0.3, 0.4) is 0 Å². The second kappa shape index (κ2) is 4.94. The first kappa shape index (κ1) is 15.3. The fourth-order valence-electron chi connectivity index (χ4n) is 3.77. The first-order valence-electron chi connectivity index (χ1n) is 8.24. The number of nitrogens with zero attached hydrogens (tertiary/aromatic N) is 1. The van der Waals surface area contributed by atoms with Crippen LogP contribution in [0.25, 0.3) is 0 Å². The van der Waals surface area contributed by atoms with Gasteiger partial charge in [0.05, 0.1) is 0 Å². The molecular weight excluding hydrogens is 274 g/mol. The number of anilines is 1. The molecule has 0 radical (unpaired) electrons. The van der Waals surface area contributed by atoms with Crippen LogP contribution >= 0.6 is 0 Å². The molecule has 0 unspecified atom stereocenters. The number of amides is 1. The van der Waals surface area contributed by atoms with Crippen molar-refractivity contribution in [3.63, 3.8) is 0 Å². The molecule has 0 spiro atoms. The summed E-state index contributed by atoms with van der Waals surface area (Å²) in [5, 5.41) is 0. The molecule has 0 saturated heterocycles. The molecule has 2 aliphatic rings. The van der Waals surface area contributed by atoms with Crippen LogP contribution in [0.5, 0.6) is 0 Å². The highest BCUT2D eigenvalue weighted by molar-refractivity contribution is 5.98. The molecule has 0 bridgehead atoms. The van der Waals surface area contributed by atoms with Crippen LogP contribution in [0.15, 0.2) is 18.2 Å². The molecular formula is C19H25NO2. The topological polar surface area (TPSA) is 37.4 Å². The maximum atomic E-state index is 12.4. The number of carbonyl (C=O) groups excluding carboxylic acids is 2. The molecule has 1 aliphatic carbocycles. The maximum Gasteiger partial charge on any atom is 0.227 e. The Balaban J connectivity index is 2.06. The molecule has 118 valence electrons. The van der Waals surface area contributed by atoms with Crippen molar-refractivity contribution in [1.82, 2.24) is 0 Å². The molecule has 22 heavy (non-hydrogen) atoms. The SMILES string of the molecule is CCCN1C(=O)CC(C)(C)c2cc([C@@]3(C)C[C@@H]3C=O)ccc21. The van der Waals surface area contributed by atoms with Crippen molar-refractivity contribution >= 4 is 17.9 Å². The van der Waals surface area contributed by atoms with Crippen molar-refractivity contribution in [2.75, 3.05) is 11.4 Å². The summed E-state index contributed by atoms with van der Waals surface area (Å²) >= 11 is 0. The van der Waals surface area contributed by atoms with Gasteiger partial charge in [-0.3, -0.25) is 4.79 Å². The first-order chi connectivity index (χ1) is 10.3. The lowest BCUT2D eigenvalue weighted by molar-refractivity contribution is -0.120. The van der Waals surface area contributed by atoms with Crippen molar-refractivity contribution < 1.29 is 9.59 Å². The van der Waals surface area contributed by atoms with Gasteiger partial charge in [0.1, 0.15) is 6.29 Å². The molecule has 0 aromatic heterocycles. The van der Waals surface area contributed by atoms with Gasteiger partial charge in [0.25, 0.3) is 0 Å². The lowest BCUT2D eigenvalue weighted by atomic mass is 9.75. The molecule has 1 aliphatic heterocycles. The summed E-state index contributed by atoms with van der Waals surface area (Å²) in [6, 6.07) is 6.44. The highest BCUT2D eigenvalue weighted by Gasteiger charge is 2.51. The first-order valence-corrected chi connectivity index (χ1v) is 8.24. The average Bonchev–Trinajstić information content (AvgIpc) is 3.15. The van der Waals surface area contributed by atoms with E-state index in [0.717, 1.165) is 31.4 Å². The Hall–Kier alpha value is -1.64. The minimum absolute atomic E-state index is 0.0100. The van der Waals surface area contributed by atoms with E-state index in [1.807, 2.05) is 4.90 Å². The van der Waals surface area contributed by atoms with E-state index in [4.69, 9.17) is 0 Å². The Morgan fingerprint density at radius 1 is 1.32 bits per heavy atom. The lowest BCUT2D eigenvalue weighted by Crippen LogP contribution is -2.42. The molecule has 2 atom stereocenters. The van der Waals surface area contributed by atoms with Crippen LogP contribution in [0.1, 0.15) is 58.1 Å². The molecule has 1 heterocycles. The zero-order chi connectivity index (χ0) is 16.1. The molecule has 1 aromatic carbocycles. The van der Waals surface area contributed by atoms with Gasteiger partial charge in [-0.25, -0.2) is 0 Å². The molecule has 1 amide bonds. The van der Waals surface area contributed by atoms with Crippen molar-refractivity contribution in [3.8, 4) is 0 Å². The summed E-state index contributed by atoms with van der Waals surface area (Å²) < 4.78 is 0. The summed E-state index contributed by atoms with van der Waals surface area (Å²) in [5.74, 6) is 0.362. The summed E-state index contributed by atoms with van der Waals surface area (Å²) in [6.45, 7) is 9.32. The number of rotatable bonds is 4. The van der Waals surface area contributed by atoms with E-state index in [1.54, 1.807) is 0 Å². The summed E-state index contributed by atoms with van der Waals surface area (Å²) in [4.78, 5) is 25.5. The highest BCUT2D eigenvalue weighted by atomic mass is 16.2. The van der Waals surface area contributed by atoms with Crippen molar-refractivity contribution in [1.29, 1.82) is 0 Å². The van der Waals surface area contributed by atoms with E-state index in [2.05, 4.69) is 45.9 Å². The second-order valence-electron chi connectivity index (χ2n) is 7.70. The van der Waals surface area contributed by atoms with E-state index in [9.17, 15) is 9.59 Å². The van der Waals surface area contributed by atoms with Gasteiger partial charge < -0.3 is 9.69 Å². The zero-order valence-electron chi connectivity index (χ0n) is 14.0. The minimum atomic E-state index is -0.144. The van der Waals surface area contributed by atoms with Crippen LogP contribution in [-0.2, 0) is 20.4 Å². The third-order valence-corrected chi connectivity index (χ3v) is 5.48. The molecule has 1 aromatic rings. The van der Waals surface area contributed by atoms with E-state index >= 15 is 0 Å². The van der Waals surface area contributed by atoms with Gasteiger partial charge in [0.2, 0.25) is 5.91 Å². The van der Waals surface area contributed by atoms with Crippen LogP contribution in [0, 0.1) is 5.92 Å². The predicted molar refractivity (Wildman–Crippen MR) is 88.3 cm³/mol. The fourth-order valence-corrected chi connectivity index (χ4v) is 3.77. The van der Waals surface area contributed by atoms with E-state index in [1.165, 1.54) is 11.1 Å². The third-order valence-electron chi connectivity index (χ3n) is 5.48. The van der Waals surface area contributed by atoms with Gasteiger partial charge in [-0.05, 0) is 30.0 Å². The van der Waals surface area contributed by atoms with Gasteiger partial charge in [0.15, 0.2) is 0 Å². The second-order valence-corrected chi connectivity index (χ2v) is 7.70. The van der Waals surface area contributed by atoms with Crippen LogP contribution in [0.4, 0.5) is 5.69 Å². The van der Waals surface area contributed by atoms with Crippen LogP contribution < -0.4 is 4.90 Å². The standard InChI is InChI=1S/C19H25NO2/c1-5-8-20-16-7-6-13(19(4)10-14(19)12-21)9-15(16)18(2,3)11-17(20)22/h6-7,9,12,14H,5,8,10-11H2,1-4H3/t14-,19-/m1/s1. The molecule has 3 rings (SSSR count). The molecule has 0 N–H and O–H groups in total. The number of hydrogen-bond acceptors (Lipinski definition) is 2. The van der Waals surface area contributed by atoms with Crippen molar-refractivity contribution in [3.05, 3.63) is 29.3 Å². The third kappa shape index (κ3) is 2.18. The number of hydrogen-bond donors (Lipinski definition) is 0. The van der Waals surface area contributed by atoms with Gasteiger partial charge in [-0.1, -0.05) is 39.8 Å². The van der Waals surface area contributed by atoms with Gasteiger partial charge in [-0.15, -0.1) is 0 Å². The monoisotopic (exact) mass is 299 g/mol. The lowest BCUT2D eigenvalue weighted by Gasteiger charge is -2.39. The Morgan fingerprint density at radius 3 is 2.64 bits per heavy atom. The zero-order valence-corrected chi connectivity index (χ0v) is 14.0. The summed E-state index contributed by atoms with van der Waals surface area (Å²) in [5.41, 5.74) is 3.38. The van der Waals surface area contributed by atoms with Crippen LogP contribution in [-0.4, -0.2) is 18.7 Å². The molecule has 3 heteroatoms. The highest BCUT2D eigenvalue weighted by Crippen LogP contribution is 2.54. The largest absolute Gasteiger partial charge is 0.312 e. The quantitative estimate of drug-likeness (QED) is 0.797. The number of benzene rings is 1. The Kier molecular flexibility index (Phi) is 3.42. The summed E-state index contributed by atoms with van der Waals surface area (Å²) in [6.07, 6.45) is 3.53. The molecule has 1 fully saturated rings. The smallest absolute Gasteiger partial charge is 0.227 e. The van der Waals surface area contributed by atoms with E-state index in [0.29, 0.717) is 6.42 Å². The Morgan fingerprint density at radius 2 is 2.05 bits per heavy atom. The normalized spacial score (nSPS) is 29.2. The maximum absolute atomic E-state index is 12.4. The Bertz CT molecular complexity index is 634. The van der Waals surface area contributed by atoms with Gasteiger partial charge >= 0.3 is 0 Å². The van der Waals surface area contributed by atoms with Gasteiger partial charge in [-0.2, -0.15) is 0 Å². The molecule has 3 nitrogen and oxygen atoms in total. The molecule has 1 saturated carbocycles. The average molecular weight is 299 g/mol. The minimum Gasteiger partial charge on any atom is -0.312 e. The van der Waals surface area contributed by atoms with E-state index < -0.39 is 0 Å². The van der Waals surface area contributed by atoms with E-state index in [-0.39, 0.29) is 22.7 Å². The Labute approximate surface area is 132 Å². The van der Waals surface area contributed by atoms with Crippen LogP contribution in [0.2, 0.25) is 0 Å². The fraction of sp³-hybridized carbons (Fsp3) is 0.579.